The zero-order chi connectivity index (χ0) is 10.7. The molecule has 0 unspecified atom stereocenters. The van der Waals surface area contributed by atoms with Gasteiger partial charge in [-0.05, 0) is 31.5 Å². The highest BCUT2D eigenvalue weighted by Crippen LogP contribution is 2.17. The molecule has 0 radical (unpaired) electrons. The van der Waals surface area contributed by atoms with Crippen LogP contribution in [0, 0.1) is 0 Å². The van der Waals surface area contributed by atoms with Crippen LogP contribution >= 0.6 is 11.3 Å². The van der Waals surface area contributed by atoms with E-state index >= 15 is 0 Å². The van der Waals surface area contributed by atoms with Gasteiger partial charge in [-0.2, -0.15) is 0 Å². The van der Waals surface area contributed by atoms with Crippen LogP contribution in [0.3, 0.4) is 0 Å². The fourth-order valence-electron chi connectivity index (χ4n) is 1.72. The number of rotatable bonds is 3. The van der Waals surface area contributed by atoms with Crippen LogP contribution in [-0.4, -0.2) is 25.0 Å². The Hall–Kier alpha value is -0.870. The fraction of sp³-hybridized carbons (Fsp3) is 0.545. The number of carbonyl (C=O) groups excluding carboxylic acids is 1. The Morgan fingerprint density at radius 3 is 3.13 bits per heavy atom. The van der Waals surface area contributed by atoms with Gasteiger partial charge in [-0.15, -0.1) is 11.3 Å². The second kappa shape index (κ2) is 4.77. The van der Waals surface area contributed by atoms with Crippen molar-refractivity contribution in [3.8, 4) is 0 Å². The molecule has 0 aliphatic carbocycles. The maximum atomic E-state index is 11.8. The fourth-order valence-corrected chi connectivity index (χ4v) is 2.57. The Morgan fingerprint density at radius 1 is 1.67 bits per heavy atom. The lowest BCUT2D eigenvalue weighted by Crippen LogP contribution is -2.35. The third-order valence-corrected chi connectivity index (χ3v) is 3.86. The summed E-state index contributed by atoms with van der Waals surface area (Å²) >= 11 is 1.59. The first-order valence-corrected chi connectivity index (χ1v) is 6.21. The van der Waals surface area contributed by atoms with Gasteiger partial charge in [-0.3, -0.25) is 4.79 Å². The molecule has 1 fully saturated rings. The number of hydrogen-bond donors (Lipinski definition) is 2. The number of hydrogen-bond acceptors (Lipinski definition) is 3. The predicted octanol–water partition coefficient (Wildman–Crippen LogP) is 1.40. The van der Waals surface area contributed by atoms with E-state index in [0.29, 0.717) is 6.04 Å². The van der Waals surface area contributed by atoms with E-state index in [9.17, 15) is 4.79 Å². The average Bonchev–Trinajstić information content (AvgIpc) is 2.86. The van der Waals surface area contributed by atoms with Crippen molar-refractivity contribution < 1.29 is 4.79 Å². The zero-order valence-corrected chi connectivity index (χ0v) is 9.69. The van der Waals surface area contributed by atoms with Gasteiger partial charge in [-0.25, -0.2) is 0 Å². The van der Waals surface area contributed by atoms with Crippen LogP contribution in [0.5, 0.6) is 0 Å². The molecule has 0 aromatic carbocycles. The Bertz CT molecular complexity index is 342. The second-order valence-corrected chi connectivity index (χ2v) is 4.95. The van der Waals surface area contributed by atoms with Crippen LogP contribution in [0.2, 0.25) is 0 Å². The van der Waals surface area contributed by atoms with Gasteiger partial charge in [0.15, 0.2) is 0 Å². The summed E-state index contributed by atoms with van der Waals surface area (Å²) in [5.41, 5.74) is 0. The monoisotopic (exact) mass is 224 g/mol. The highest BCUT2D eigenvalue weighted by Gasteiger charge is 2.18. The second-order valence-electron chi connectivity index (χ2n) is 3.78. The summed E-state index contributed by atoms with van der Waals surface area (Å²) in [4.78, 5) is 13.9. The van der Waals surface area contributed by atoms with Crippen LogP contribution in [0.15, 0.2) is 12.1 Å². The molecule has 1 atom stereocenters. The van der Waals surface area contributed by atoms with Crippen LogP contribution in [0.1, 0.15) is 27.9 Å². The SMILES string of the molecule is CCc1ccc(C(=O)N[C@H]2CCNC2)s1. The molecule has 3 nitrogen and oxygen atoms in total. The molecule has 82 valence electrons. The van der Waals surface area contributed by atoms with E-state index in [0.717, 1.165) is 30.8 Å². The Labute approximate surface area is 93.9 Å². The third-order valence-electron chi connectivity index (χ3n) is 2.63. The van der Waals surface area contributed by atoms with Crippen molar-refractivity contribution in [2.24, 2.45) is 0 Å². The van der Waals surface area contributed by atoms with Gasteiger partial charge in [0, 0.05) is 17.5 Å². The molecule has 2 N–H and O–H groups in total. The Kier molecular flexibility index (Phi) is 3.38. The number of thiophene rings is 1. The molecular formula is C11H16N2OS. The summed E-state index contributed by atoms with van der Waals surface area (Å²) in [6, 6.07) is 4.26. The number of amides is 1. The van der Waals surface area contributed by atoms with Gasteiger partial charge >= 0.3 is 0 Å². The molecule has 1 aliphatic rings. The van der Waals surface area contributed by atoms with Crippen molar-refractivity contribution in [2.45, 2.75) is 25.8 Å². The first-order chi connectivity index (χ1) is 7.29. The minimum Gasteiger partial charge on any atom is -0.347 e. The molecular weight excluding hydrogens is 208 g/mol. The van der Waals surface area contributed by atoms with E-state index < -0.39 is 0 Å². The van der Waals surface area contributed by atoms with Gasteiger partial charge in [0.05, 0.1) is 4.88 Å². The van der Waals surface area contributed by atoms with Gasteiger partial charge in [0.2, 0.25) is 0 Å². The smallest absolute Gasteiger partial charge is 0.261 e. The van der Waals surface area contributed by atoms with Gasteiger partial charge in [0.25, 0.3) is 5.91 Å². The summed E-state index contributed by atoms with van der Waals surface area (Å²) in [5, 5.41) is 6.28. The lowest BCUT2D eigenvalue weighted by Gasteiger charge is -2.09. The third kappa shape index (κ3) is 2.58. The Balaban J connectivity index is 1.94. The molecule has 4 heteroatoms. The minimum absolute atomic E-state index is 0.0772. The molecule has 2 rings (SSSR count). The quantitative estimate of drug-likeness (QED) is 0.815. The normalized spacial score (nSPS) is 20.5. The molecule has 1 aliphatic heterocycles. The summed E-state index contributed by atoms with van der Waals surface area (Å²) in [5.74, 6) is 0.0772. The highest BCUT2D eigenvalue weighted by atomic mass is 32.1. The molecule has 1 amide bonds. The van der Waals surface area contributed by atoms with Crippen molar-refractivity contribution in [1.29, 1.82) is 0 Å². The van der Waals surface area contributed by atoms with Gasteiger partial charge in [0.1, 0.15) is 0 Å². The molecule has 1 aromatic rings. The first kappa shape index (κ1) is 10.6. The average molecular weight is 224 g/mol. The Morgan fingerprint density at radius 2 is 2.53 bits per heavy atom. The molecule has 0 saturated carbocycles. The lowest BCUT2D eigenvalue weighted by atomic mass is 10.2. The molecule has 1 aromatic heterocycles. The van der Waals surface area contributed by atoms with E-state index in [2.05, 4.69) is 17.6 Å². The van der Waals surface area contributed by atoms with E-state index in [1.165, 1.54) is 4.88 Å². The summed E-state index contributed by atoms with van der Waals surface area (Å²) < 4.78 is 0. The van der Waals surface area contributed by atoms with E-state index in [1.54, 1.807) is 11.3 Å². The van der Waals surface area contributed by atoms with Gasteiger partial charge < -0.3 is 10.6 Å². The minimum atomic E-state index is 0.0772. The van der Waals surface area contributed by atoms with Crippen LogP contribution in [0.4, 0.5) is 0 Å². The number of carbonyl (C=O) groups is 1. The number of aryl methyl sites for hydroxylation is 1. The maximum Gasteiger partial charge on any atom is 0.261 e. The molecule has 1 saturated heterocycles. The summed E-state index contributed by atoms with van der Waals surface area (Å²) in [7, 11) is 0. The van der Waals surface area contributed by atoms with E-state index in [1.807, 2.05) is 12.1 Å². The zero-order valence-electron chi connectivity index (χ0n) is 8.88. The predicted molar refractivity (Wildman–Crippen MR) is 62.4 cm³/mol. The topological polar surface area (TPSA) is 41.1 Å². The van der Waals surface area contributed by atoms with Crippen molar-refractivity contribution in [2.75, 3.05) is 13.1 Å². The lowest BCUT2D eigenvalue weighted by molar-refractivity contribution is 0.0944. The van der Waals surface area contributed by atoms with Crippen LogP contribution in [0.25, 0.3) is 0 Å². The first-order valence-electron chi connectivity index (χ1n) is 5.40. The van der Waals surface area contributed by atoms with E-state index in [4.69, 9.17) is 0 Å². The van der Waals surface area contributed by atoms with Crippen molar-refractivity contribution in [3.05, 3.63) is 21.9 Å². The molecule has 0 bridgehead atoms. The number of nitrogens with one attached hydrogen (secondary N) is 2. The largest absolute Gasteiger partial charge is 0.347 e. The highest BCUT2D eigenvalue weighted by molar-refractivity contribution is 7.14. The standard InChI is InChI=1S/C11H16N2OS/c1-2-9-3-4-10(15-9)11(14)13-8-5-6-12-7-8/h3-4,8,12H,2,5-7H2,1H3,(H,13,14)/t8-/m0/s1. The van der Waals surface area contributed by atoms with E-state index in [-0.39, 0.29) is 5.91 Å². The van der Waals surface area contributed by atoms with Crippen molar-refractivity contribution in [3.63, 3.8) is 0 Å². The molecule has 15 heavy (non-hydrogen) atoms. The maximum absolute atomic E-state index is 11.8. The molecule has 0 spiro atoms. The van der Waals surface area contributed by atoms with Crippen LogP contribution in [-0.2, 0) is 6.42 Å². The van der Waals surface area contributed by atoms with Crippen LogP contribution < -0.4 is 10.6 Å². The molecule has 2 heterocycles. The summed E-state index contributed by atoms with van der Waals surface area (Å²) in [6.07, 6.45) is 2.04. The van der Waals surface area contributed by atoms with Crippen molar-refractivity contribution >= 4 is 17.2 Å². The summed E-state index contributed by atoms with van der Waals surface area (Å²) in [6.45, 7) is 4.02. The van der Waals surface area contributed by atoms with Crippen molar-refractivity contribution in [1.82, 2.24) is 10.6 Å². The van der Waals surface area contributed by atoms with Gasteiger partial charge in [-0.1, -0.05) is 6.92 Å².